The van der Waals surface area contributed by atoms with Crippen LogP contribution < -0.4 is 4.90 Å². The molecule has 7 nitrogen and oxygen atoms in total. The van der Waals surface area contributed by atoms with Gasteiger partial charge in [-0.15, -0.1) is 0 Å². The predicted octanol–water partition coefficient (Wildman–Crippen LogP) is 3.98. The molecule has 0 unspecified atom stereocenters. The van der Waals surface area contributed by atoms with Crippen LogP contribution in [0, 0.1) is 10.1 Å². The molecule has 0 spiro atoms. The summed E-state index contributed by atoms with van der Waals surface area (Å²) in [5.41, 5.74) is 2.65. The lowest BCUT2D eigenvalue weighted by Crippen LogP contribution is -2.31. The Balaban J connectivity index is 1.96. The Morgan fingerprint density at radius 2 is 1.89 bits per heavy atom. The van der Waals surface area contributed by atoms with Crippen LogP contribution in [0.2, 0.25) is 0 Å². The van der Waals surface area contributed by atoms with Crippen molar-refractivity contribution in [2.75, 3.05) is 18.1 Å². The molecule has 0 aliphatic carbocycles. The van der Waals surface area contributed by atoms with Crippen LogP contribution >= 0.6 is 0 Å². The number of nitrogens with zero attached hydrogens (tertiary/aromatic N) is 2. The first-order valence-electron chi connectivity index (χ1n) is 9.04. The van der Waals surface area contributed by atoms with E-state index in [0.29, 0.717) is 37.2 Å². The lowest BCUT2D eigenvalue weighted by molar-refractivity contribution is -0.384. The topological polar surface area (TPSA) is 89.8 Å². The van der Waals surface area contributed by atoms with Crippen molar-refractivity contribution in [3.63, 3.8) is 0 Å². The maximum Gasteiger partial charge on any atom is 0.331 e. The minimum absolute atomic E-state index is 0.0625. The van der Waals surface area contributed by atoms with Crippen LogP contribution in [-0.4, -0.2) is 30.0 Å². The standard InChI is InChI=1S/C21H20N2O5/c1-2-28-20(24)14-16-6-5-13-22(19-8-4-3-7-18(16)19)21(25)15-9-11-17(12-10-15)23(26)27/h3-4,7-12,14H,2,5-6,13H2,1H3. The molecule has 1 aliphatic heterocycles. The van der Waals surface area contributed by atoms with E-state index in [4.69, 9.17) is 4.74 Å². The number of hydrogen-bond donors (Lipinski definition) is 0. The van der Waals surface area contributed by atoms with Crippen LogP contribution in [0.4, 0.5) is 11.4 Å². The molecule has 1 amide bonds. The number of anilines is 1. The summed E-state index contributed by atoms with van der Waals surface area (Å²) in [7, 11) is 0. The minimum atomic E-state index is -0.498. The fourth-order valence-electron chi connectivity index (χ4n) is 3.23. The van der Waals surface area contributed by atoms with Crippen LogP contribution in [0.25, 0.3) is 5.57 Å². The molecular weight excluding hydrogens is 360 g/mol. The number of para-hydroxylation sites is 1. The molecule has 3 rings (SSSR count). The van der Waals surface area contributed by atoms with Crippen molar-refractivity contribution in [2.24, 2.45) is 0 Å². The van der Waals surface area contributed by atoms with Gasteiger partial charge in [0.25, 0.3) is 11.6 Å². The maximum absolute atomic E-state index is 13.1. The van der Waals surface area contributed by atoms with Gasteiger partial charge < -0.3 is 9.64 Å². The van der Waals surface area contributed by atoms with Gasteiger partial charge in [-0.2, -0.15) is 0 Å². The molecule has 28 heavy (non-hydrogen) atoms. The van der Waals surface area contributed by atoms with E-state index in [-0.39, 0.29) is 11.6 Å². The van der Waals surface area contributed by atoms with E-state index < -0.39 is 10.9 Å². The number of carbonyl (C=O) groups excluding carboxylic acids is 2. The molecular formula is C21H20N2O5. The molecule has 2 aromatic carbocycles. The van der Waals surface area contributed by atoms with Gasteiger partial charge in [0, 0.05) is 35.9 Å². The number of nitro groups is 1. The number of allylic oxidation sites excluding steroid dienone is 1. The zero-order valence-electron chi connectivity index (χ0n) is 15.5. The summed E-state index contributed by atoms with van der Waals surface area (Å²) in [5, 5.41) is 10.8. The third-order valence-corrected chi connectivity index (χ3v) is 4.52. The molecule has 0 fully saturated rings. The summed E-state index contributed by atoms with van der Waals surface area (Å²) in [5.74, 6) is -0.637. The van der Waals surface area contributed by atoms with Crippen LogP contribution in [0.3, 0.4) is 0 Å². The van der Waals surface area contributed by atoms with Gasteiger partial charge in [0.1, 0.15) is 0 Å². The second-order valence-corrected chi connectivity index (χ2v) is 6.30. The Morgan fingerprint density at radius 3 is 2.57 bits per heavy atom. The van der Waals surface area contributed by atoms with Gasteiger partial charge in [-0.3, -0.25) is 14.9 Å². The van der Waals surface area contributed by atoms with Crippen molar-refractivity contribution in [2.45, 2.75) is 19.8 Å². The average Bonchev–Trinajstić information content (AvgIpc) is 2.87. The van der Waals surface area contributed by atoms with E-state index in [2.05, 4.69) is 0 Å². The van der Waals surface area contributed by atoms with Gasteiger partial charge in [-0.1, -0.05) is 18.2 Å². The molecule has 1 aliphatic rings. The molecule has 1 heterocycles. The number of ether oxygens (including phenoxy) is 1. The van der Waals surface area contributed by atoms with Crippen LogP contribution in [0.5, 0.6) is 0 Å². The molecule has 0 aromatic heterocycles. The van der Waals surface area contributed by atoms with E-state index in [0.717, 1.165) is 11.1 Å². The molecule has 144 valence electrons. The zero-order valence-corrected chi connectivity index (χ0v) is 15.5. The second kappa shape index (κ2) is 8.47. The highest BCUT2D eigenvalue weighted by atomic mass is 16.6. The summed E-state index contributed by atoms with van der Waals surface area (Å²) in [6.07, 6.45) is 2.81. The Kier molecular flexibility index (Phi) is 5.84. The number of hydrogen-bond acceptors (Lipinski definition) is 5. The Hall–Kier alpha value is -3.48. The number of benzene rings is 2. The Bertz CT molecular complexity index is 934. The summed E-state index contributed by atoms with van der Waals surface area (Å²) in [6.45, 7) is 2.53. The predicted molar refractivity (Wildman–Crippen MR) is 105 cm³/mol. The van der Waals surface area contributed by atoms with E-state index in [1.807, 2.05) is 24.3 Å². The molecule has 0 saturated carbocycles. The highest BCUT2D eigenvalue weighted by molar-refractivity contribution is 6.08. The van der Waals surface area contributed by atoms with E-state index in [1.54, 1.807) is 11.8 Å². The zero-order chi connectivity index (χ0) is 20.1. The monoisotopic (exact) mass is 380 g/mol. The Labute approximate surface area is 162 Å². The first-order chi connectivity index (χ1) is 13.5. The number of fused-ring (bicyclic) bond motifs is 1. The average molecular weight is 380 g/mol. The Morgan fingerprint density at radius 1 is 1.18 bits per heavy atom. The number of rotatable bonds is 4. The normalized spacial score (nSPS) is 14.9. The van der Waals surface area contributed by atoms with Gasteiger partial charge in [0.15, 0.2) is 0 Å². The molecule has 0 atom stereocenters. The van der Waals surface area contributed by atoms with Gasteiger partial charge in [0.2, 0.25) is 0 Å². The van der Waals surface area contributed by atoms with Crippen molar-refractivity contribution in [1.82, 2.24) is 0 Å². The maximum atomic E-state index is 13.1. The van der Waals surface area contributed by atoms with E-state index >= 15 is 0 Å². The molecule has 0 radical (unpaired) electrons. The van der Waals surface area contributed by atoms with Crippen molar-refractivity contribution in [3.05, 3.63) is 75.8 Å². The largest absolute Gasteiger partial charge is 0.463 e. The minimum Gasteiger partial charge on any atom is -0.463 e. The molecule has 2 aromatic rings. The third-order valence-electron chi connectivity index (χ3n) is 4.52. The summed E-state index contributed by atoms with van der Waals surface area (Å²) < 4.78 is 5.02. The lowest BCUT2D eigenvalue weighted by atomic mass is 10.0. The highest BCUT2D eigenvalue weighted by Crippen LogP contribution is 2.34. The summed E-state index contributed by atoms with van der Waals surface area (Å²) in [4.78, 5) is 37.0. The van der Waals surface area contributed by atoms with Gasteiger partial charge in [-0.05, 0) is 43.5 Å². The molecule has 0 saturated heterocycles. The molecule has 7 heteroatoms. The smallest absolute Gasteiger partial charge is 0.331 e. The van der Waals surface area contributed by atoms with Gasteiger partial charge >= 0.3 is 5.97 Å². The lowest BCUT2D eigenvalue weighted by Gasteiger charge is -2.23. The van der Waals surface area contributed by atoms with Crippen molar-refractivity contribution in [3.8, 4) is 0 Å². The fraction of sp³-hybridized carbons (Fsp3) is 0.238. The molecule has 0 bridgehead atoms. The fourth-order valence-corrected chi connectivity index (χ4v) is 3.23. The van der Waals surface area contributed by atoms with Crippen molar-refractivity contribution in [1.29, 1.82) is 0 Å². The van der Waals surface area contributed by atoms with Gasteiger partial charge in [-0.25, -0.2) is 4.79 Å². The van der Waals surface area contributed by atoms with E-state index in [1.165, 1.54) is 30.3 Å². The summed E-state index contributed by atoms with van der Waals surface area (Å²) >= 11 is 0. The number of esters is 1. The number of carbonyl (C=O) groups is 2. The van der Waals surface area contributed by atoms with Crippen LogP contribution in [0.1, 0.15) is 35.7 Å². The molecule has 0 N–H and O–H groups in total. The SMILES string of the molecule is CCOC(=O)C=C1CCCN(C(=O)c2ccc([N+](=O)[O-])cc2)c2ccccc21. The van der Waals surface area contributed by atoms with E-state index in [9.17, 15) is 19.7 Å². The second-order valence-electron chi connectivity index (χ2n) is 6.30. The number of non-ortho nitro benzene ring substituents is 1. The highest BCUT2D eigenvalue weighted by Gasteiger charge is 2.25. The van der Waals surface area contributed by atoms with Crippen LogP contribution in [0.15, 0.2) is 54.6 Å². The van der Waals surface area contributed by atoms with Crippen molar-refractivity contribution >= 4 is 28.8 Å². The summed E-state index contributed by atoms with van der Waals surface area (Å²) in [6, 6.07) is 13.0. The van der Waals surface area contributed by atoms with Gasteiger partial charge in [0.05, 0.1) is 17.2 Å². The quantitative estimate of drug-likeness (QED) is 0.346. The third kappa shape index (κ3) is 4.09. The number of amides is 1. The number of nitro benzene ring substituents is 1. The first kappa shape index (κ1) is 19.3. The first-order valence-corrected chi connectivity index (χ1v) is 9.04. The van der Waals surface area contributed by atoms with Crippen molar-refractivity contribution < 1.29 is 19.2 Å². The van der Waals surface area contributed by atoms with Crippen LogP contribution in [-0.2, 0) is 9.53 Å².